The van der Waals surface area contributed by atoms with E-state index in [2.05, 4.69) is 5.32 Å². The first-order valence-electron chi connectivity index (χ1n) is 11.2. The van der Waals surface area contributed by atoms with Gasteiger partial charge in [-0.3, -0.25) is 9.59 Å². The number of carbonyl (C=O) groups is 3. The van der Waals surface area contributed by atoms with Crippen LogP contribution in [0.25, 0.3) is 0 Å². The van der Waals surface area contributed by atoms with E-state index < -0.39 is 12.0 Å². The Bertz CT molecular complexity index is 907. The molecule has 2 aromatic carbocycles. The number of esters is 1. The third-order valence-corrected chi connectivity index (χ3v) is 5.53. The first-order valence-corrected chi connectivity index (χ1v) is 11.2. The highest BCUT2D eigenvalue weighted by atomic mass is 16.5. The van der Waals surface area contributed by atoms with Crippen LogP contribution >= 0.6 is 0 Å². The number of likely N-dealkylation sites (tertiary alicyclic amines) is 1. The van der Waals surface area contributed by atoms with E-state index in [4.69, 9.17) is 15.2 Å². The lowest BCUT2D eigenvalue weighted by Gasteiger charge is -2.23. The lowest BCUT2D eigenvalue weighted by molar-refractivity contribution is -0.154. The second-order valence-electron chi connectivity index (χ2n) is 8.03. The Balaban J connectivity index is 1.42. The van der Waals surface area contributed by atoms with Gasteiger partial charge >= 0.3 is 5.97 Å². The van der Waals surface area contributed by atoms with Crippen LogP contribution in [0.1, 0.15) is 24.8 Å². The van der Waals surface area contributed by atoms with Crippen LogP contribution in [0.2, 0.25) is 0 Å². The topological polar surface area (TPSA) is 111 Å². The summed E-state index contributed by atoms with van der Waals surface area (Å²) in [6.07, 6.45) is 1.23. The molecule has 1 saturated heterocycles. The van der Waals surface area contributed by atoms with Crippen LogP contribution in [0.4, 0.5) is 0 Å². The van der Waals surface area contributed by atoms with Crippen LogP contribution in [-0.2, 0) is 25.7 Å². The molecule has 33 heavy (non-hydrogen) atoms. The van der Waals surface area contributed by atoms with Gasteiger partial charge in [-0.05, 0) is 43.0 Å². The van der Waals surface area contributed by atoms with Crippen molar-refractivity contribution in [1.82, 2.24) is 10.2 Å². The van der Waals surface area contributed by atoms with Gasteiger partial charge in [-0.2, -0.15) is 0 Å². The number of para-hydroxylation sites is 1. The third kappa shape index (κ3) is 7.61. The van der Waals surface area contributed by atoms with Crippen LogP contribution in [0.15, 0.2) is 60.7 Å². The average Bonchev–Trinajstić information content (AvgIpc) is 3.30. The van der Waals surface area contributed by atoms with E-state index in [0.717, 1.165) is 11.3 Å². The summed E-state index contributed by atoms with van der Waals surface area (Å²) in [6, 6.07) is 18.0. The molecule has 0 bridgehead atoms. The van der Waals surface area contributed by atoms with Gasteiger partial charge in [0, 0.05) is 13.0 Å². The summed E-state index contributed by atoms with van der Waals surface area (Å²) in [5.74, 6) is -0.234. The molecule has 2 aromatic rings. The van der Waals surface area contributed by atoms with Crippen LogP contribution in [-0.4, -0.2) is 55.0 Å². The van der Waals surface area contributed by atoms with E-state index in [1.54, 1.807) is 0 Å². The van der Waals surface area contributed by atoms with E-state index in [0.29, 0.717) is 32.5 Å². The molecular weight excluding hydrogens is 422 g/mol. The minimum atomic E-state index is -0.689. The number of hydrogen-bond acceptors (Lipinski definition) is 6. The molecule has 2 unspecified atom stereocenters. The van der Waals surface area contributed by atoms with E-state index in [9.17, 15) is 14.4 Å². The smallest absolute Gasteiger partial charge is 0.329 e. The molecule has 176 valence electrons. The molecule has 1 heterocycles. The van der Waals surface area contributed by atoms with Gasteiger partial charge < -0.3 is 25.4 Å². The van der Waals surface area contributed by atoms with Gasteiger partial charge in [0.25, 0.3) is 0 Å². The highest BCUT2D eigenvalue weighted by Crippen LogP contribution is 2.24. The summed E-state index contributed by atoms with van der Waals surface area (Å²) in [5, 5.41) is 2.64. The van der Waals surface area contributed by atoms with Crippen LogP contribution < -0.4 is 15.8 Å². The number of rotatable bonds is 11. The number of carbonyl (C=O) groups excluding carboxylic acids is 3. The van der Waals surface area contributed by atoms with Gasteiger partial charge in [0.2, 0.25) is 11.8 Å². The minimum Gasteiger partial charge on any atom is -0.494 e. The first-order chi connectivity index (χ1) is 16.1. The standard InChI is InChI=1S/C25H31N3O5/c26-15-20-14-22(25(31)33-18-19-8-3-1-4-9-19)28(17-20)24(30)16-27-23(29)12-7-13-32-21-10-5-2-6-11-21/h1-6,8-11,20,22H,7,12-18,26H2,(H,27,29). The summed E-state index contributed by atoms with van der Waals surface area (Å²) >= 11 is 0. The molecule has 2 atom stereocenters. The highest BCUT2D eigenvalue weighted by molar-refractivity contribution is 5.89. The summed E-state index contributed by atoms with van der Waals surface area (Å²) in [6.45, 7) is 1.14. The lowest BCUT2D eigenvalue weighted by Crippen LogP contribution is -2.46. The van der Waals surface area contributed by atoms with Crippen molar-refractivity contribution in [3.05, 3.63) is 66.2 Å². The molecule has 1 aliphatic heterocycles. The van der Waals surface area contributed by atoms with E-state index in [1.165, 1.54) is 4.90 Å². The number of nitrogens with one attached hydrogen (secondary N) is 1. The summed E-state index contributed by atoms with van der Waals surface area (Å²) < 4.78 is 11.0. The maximum absolute atomic E-state index is 12.8. The molecule has 2 amide bonds. The fourth-order valence-corrected chi connectivity index (χ4v) is 3.72. The Morgan fingerprint density at radius 3 is 2.42 bits per heavy atom. The van der Waals surface area contributed by atoms with Crippen molar-refractivity contribution >= 4 is 17.8 Å². The molecule has 0 spiro atoms. The molecule has 0 saturated carbocycles. The second-order valence-corrected chi connectivity index (χ2v) is 8.03. The Hall–Kier alpha value is -3.39. The first kappa shape index (κ1) is 24.3. The predicted octanol–water partition coefficient (Wildman–Crippen LogP) is 1.88. The highest BCUT2D eigenvalue weighted by Gasteiger charge is 2.39. The molecule has 8 heteroatoms. The summed E-state index contributed by atoms with van der Waals surface area (Å²) in [7, 11) is 0. The van der Waals surface area contributed by atoms with Crippen molar-refractivity contribution in [3.8, 4) is 5.75 Å². The molecule has 0 aliphatic carbocycles. The molecule has 1 fully saturated rings. The zero-order valence-corrected chi connectivity index (χ0v) is 18.7. The van der Waals surface area contributed by atoms with E-state index in [-0.39, 0.29) is 37.3 Å². The third-order valence-electron chi connectivity index (χ3n) is 5.53. The second kappa shape index (κ2) is 12.6. The largest absolute Gasteiger partial charge is 0.494 e. The number of benzene rings is 2. The predicted molar refractivity (Wildman–Crippen MR) is 123 cm³/mol. The molecule has 3 rings (SSSR count). The Morgan fingerprint density at radius 2 is 1.73 bits per heavy atom. The number of ether oxygens (including phenoxy) is 2. The zero-order chi connectivity index (χ0) is 23.5. The zero-order valence-electron chi connectivity index (χ0n) is 18.7. The van der Waals surface area contributed by atoms with Crippen molar-refractivity contribution in [2.45, 2.75) is 31.9 Å². The molecule has 1 aliphatic rings. The summed E-state index contributed by atoms with van der Waals surface area (Å²) in [5.41, 5.74) is 6.66. The van der Waals surface area contributed by atoms with Gasteiger partial charge in [-0.1, -0.05) is 48.5 Å². The monoisotopic (exact) mass is 453 g/mol. The maximum atomic E-state index is 12.8. The molecule has 0 aromatic heterocycles. The number of nitrogens with two attached hydrogens (primary N) is 1. The van der Waals surface area contributed by atoms with Gasteiger partial charge in [0.1, 0.15) is 18.4 Å². The molecular formula is C25H31N3O5. The van der Waals surface area contributed by atoms with Gasteiger partial charge in [-0.25, -0.2) is 4.79 Å². The number of hydrogen-bond donors (Lipinski definition) is 2. The molecule has 3 N–H and O–H groups in total. The lowest BCUT2D eigenvalue weighted by atomic mass is 10.1. The quantitative estimate of drug-likeness (QED) is 0.397. The number of nitrogens with zero attached hydrogens (tertiary/aromatic N) is 1. The van der Waals surface area contributed by atoms with Crippen molar-refractivity contribution in [2.24, 2.45) is 11.7 Å². The van der Waals surface area contributed by atoms with Crippen LogP contribution in [0.3, 0.4) is 0 Å². The van der Waals surface area contributed by atoms with E-state index in [1.807, 2.05) is 60.7 Å². The Labute approximate surface area is 194 Å². The molecule has 0 radical (unpaired) electrons. The van der Waals surface area contributed by atoms with Gasteiger partial charge in [-0.15, -0.1) is 0 Å². The van der Waals surface area contributed by atoms with Gasteiger partial charge in [0.15, 0.2) is 0 Å². The van der Waals surface area contributed by atoms with E-state index >= 15 is 0 Å². The van der Waals surface area contributed by atoms with Crippen molar-refractivity contribution in [2.75, 3.05) is 26.2 Å². The van der Waals surface area contributed by atoms with Crippen molar-refractivity contribution in [1.29, 1.82) is 0 Å². The van der Waals surface area contributed by atoms with Gasteiger partial charge in [0.05, 0.1) is 13.2 Å². The van der Waals surface area contributed by atoms with Crippen LogP contribution in [0.5, 0.6) is 5.75 Å². The maximum Gasteiger partial charge on any atom is 0.329 e. The fourth-order valence-electron chi connectivity index (χ4n) is 3.72. The Kier molecular flexibility index (Phi) is 9.26. The fraction of sp³-hybridized carbons (Fsp3) is 0.400. The van der Waals surface area contributed by atoms with Crippen molar-refractivity contribution < 1.29 is 23.9 Å². The molecule has 8 nitrogen and oxygen atoms in total. The normalized spacial score (nSPS) is 17.4. The minimum absolute atomic E-state index is 0.0223. The van der Waals surface area contributed by atoms with Crippen LogP contribution in [0, 0.1) is 5.92 Å². The van der Waals surface area contributed by atoms with Crippen molar-refractivity contribution in [3.63, 3.8) is 0 Å². The number of amides is 2. The SMILES string of the molecule is NCC1CC(C(=O)OCc2ccccc2)N(C(=O)CNC(=O)CCCOc2ccccc2)C1. The Morgan fingerprint density at radius 1 is 1.03 bits per heavy atom. The average molecular weight is 454 g/mol. The summed E-state index contributed by atoms with van der Waals surface area (Å²) in [4.78, 5) is 39.0.